The highest BCUT2D eigenvalue weighted by atomic mass is 14.2. The summed E-state index contributed by atoms with van der Waals surface area (Å²) in [6.45, 7) is 11.5. The summed E-state index contributed by atoms with van der Waals surface area (Å²) in [5.74, 6) is 1.78. The molecule has 0 spiro atoms. The van der Waals surface area contributed by atoms with Crippen molar-refractivity contribution in [2.24, 2.45) is 11.8 Å². The molecule has 0 bridgehead atoms. The summed E-state index contributed by atoms with van der Waals surface area (Å²) in [4.78, 5) is 0. The molecule has 0 saturated heterocycles. The topological polar surface area (TPSA) is 0 Å². The second-order valence-electron chi connectivity index (χ2n) is 4.72. The minimum atomic E-state index is 0.885. The first-order valence-electron chi connectivity index (χ1n) is 6.27. The molecular weight excluding hydrogens is 168 g/mol. The van der Waals surface area contributed by atoms with E-state index in [4.69, 9.17) is 0 Å². The molecule has 2 atom stereocenters. The maximum absolute atomic E-state index is 2.41. The minimum absolute atomic E-state index is 0.885. The van der Waals surface area contributed by atoms with Crippen LogP contribution in [0.15, 0.2) is 11.6 Å². The highest BCUT2D eigenvalue weighted by Crippen LogP contribution is 2.21. The largest absolute Gasteiger partial charge is 0.0856 e. The van der Waals surface area contributed by atoms with Crippen molar-refractivity contribution >= 4 is 0 Å². The third kappa shape index (κ3) is 6.23. The maximum Gasteiger partial charge on any atom is -0.0346 e. The van der Waals surface area contributed by atoms with Gasteiger partial charge in [-0.1, -0.05) is 52.2 Å². The van der Waals surface area contributed by atoms with Crippen LogP contribution in [0.5, 0.6) is 0 Å². The molecule has 0 nitrogen and oxygen atoms in total. The van der Waals surface area contributed by atoms with Gasteiger partial charge in [0.2, 0.25) is 0 Å². The van der Waals surface area contributed by atoms with Crippen LogP contribution in [0.2, 0.25) is 0 Å². The van der Waals surface area contributed by atoms with E-state index in [2.05, 4.69) is 40.7 Å². The second-order valence-corrected chi connectivity index (χ2v) is 4.72. The van der Waals surface area contributed by atoms with E-state index in [1.807, 2.05) is 0 Å². The van der Waals surface area contributed by atoms with Gasteiger partial charge in [0.15, 0.2) is 0 Å². The van der Waals surface area contributed by atoms with E-state index < -0.39 is 0 Å². The summed E-state index contributed by atoms with van der Waals surface area (Å²) >= 11 is 0. The van der Waals surface area contributed by atoms with Gasteiger partial charge in [-0.25, -0.2) is 0 Å². The Balaban J connectivity index is 3.67. The van der Waals surface area contributed by atoms with Gasteiger partial charge in [0.05, 0.1) is 0 Å². The van der Waals surface area contributed by atoms with Crippen molar-refractivity contribution in [2.45, 2.75) is 66.7 Å². The molecule has 0 rings (SSSR count). The zero-order valence-electron chi connectivity index (χ0n) is 10.8. The zero-order valence-corrected chi connectivity index (χ0v) is 10.8. The van der Waals surface area contributed by atoms with Crippen LogP contribution < -0.4 is 0 Å². The molecule has 0 heteroatoms. The summed E-state index contributed by atoms with van der Waals surface area (Å²) < 4.78 is 0. The number of allylic oxidation sites excluding steroid dienone is 2. The zero-order chi connectivity index (χ0) is 11.0. The standard InChI is InChI=1S/C14H28/c1-6-9-13(4)14(5)11-8-10-12(3)7-2/h10,13-14H,6-9,11H2,1-5H3. The van der Waals surface area contributed by atoms with Gasteiger partial charge >= 0.3 is 0 Å². The minimum Gasteiger partial charge on any atom is -0.0856 e. The molecule has 2 unspecified atom stereocenters. The molecule has 0 aliphatic rings. The number of hydrogen-bond acceptors (Lipinski definition) is 0. The average molecular weight is 196 g/mol. The molecule has 0 amide bonds. The number of hydrogen-bond donors (Lipinski definition) is 0. The Morgan fingerprint density at radius 1 is 1.07 bits per heavy atom. The van der Waals surface area contributed by atoms with E-state index in [-0.39, 0.29) is 0 Å². The number of rotatable bonds is 7. The van der Waals surface area contributed by atoms with Gasteiger partial charge in [-0.2, -0.15) is 0 Å². The van der Waals surface area contributed by atoms with Crippen molar-refractivity contribution in [3.05, 3.63) is 11.6 Å². The summed E-state index contributed by atoms with van der Waals surface area (Å²) in [5.41, 5.74) is 1.54. The van der Waals surface area contributed by atoms with Crippen molar-refractivity contribution in [3.8, 4) is 0 Å². The normalized spacial score (nSPS) is 16.8. The first-order valence-corrected chi connectivity index (χ1v) is 6.27. The van der Waals surface area contributed by atoms with E-state index in [9.17, 15) is 0 Å². The molecule has 0 saturated carbocycles. The molecule has 0 aromatic heterocycles. The van der Waals surface area contributed by atoms with E-state index in [0.717, 1.165) is 11.8 Å². The lowest BCUT2D eigenvalue weighted by Crippen LogP contribution is -2.07. The highest BCUT2D eigenvalue weighted by molar-refractivity contribution is 4.96. The van der Waals surface area contributed by atoms with E-state index in [0.29, 0.717) is 0 Å². The van der Waals surface area contributed by atoms with Crippen LogP contribution >= 0.6 is 0 Å². The fourth-order valence-corrected chi connectivity index (χ4v) is 1.76. The Morgan fingerprint density at radius 3 is 2.14 bits per heavy atom. The van der Waals surface area contributed by atoms with Crippen molar-refractivity contribution < 1.29 is 0 Å². The van der Waals surface area contributed by atoms with Crippen LogP contribution in [0.25, 0.3) is 0 Å². The van der Waals surface area contributed by atoms with Gasteiger partial charge in [0.25, 0.3) is 0 Å². The van der Waals surface area contributed by atoms with E-state index in [1.165, 1.54) is 32.1 Å². The van der Waals surface area contributed by atoms with Gasteiger partial charge in [0, 0.05) is 0 Å². The molecular formula is C14H28. The lowest BCUT2D eigenvalue weighted by Gasteiger charge is -2.18. The quantitative estimate of drug-likeness (QED) is 0.491. The van der Waals surface area contributed by atoms with Crippen LogP contribution in [0, 0.1) is 11.8 Å². The van der Waals surface area contributed by atoms with Crippen molar-refractivity contribution in [1.29, 1.82) is 0 Å². The van der Waals surface area contributed by atoms with Crippen molar-refractivity contribution in [1.82, 2.24) is 0 Å². The molecule has 0 radical (unpaired) electrons. The Morgan fingerprint density at radius 2 is 1.64 bits per heavy atom. The van der Waals surface area contributed by atoms with Crippen LogP contribution in [0.3, 0.4) is 0 Å². The summed E-state index contributed by atoms with van der Waals surface area (Å²) in [7, 11) is 0. The predicted octanol–water partition coefficient (Wildman–Crippen LogP) is 5.20. The SMILES string of the molecule is CCCC(C)C(C)CCC=C(C)CC. The fraction of sp³-hybridized carbons (Fsp3) is 0.857. The molecule has 84 valence electrons. The Labute approximate surface area is 90.8 Å². The van der Waals surface area contributed by atoms with Crippen molar-refractivity contribution in [3.63, 3.8) is 0 Å². The molecule has 0 fully saturated rings. The van der Waals surface area contributed by atoms with Gasteiger partial charge < -0.3 is 0 Å². The van der Waals surface area contributed by atoms with Crippen LogP contribution in [0.4, 0.5) is 0 Å². The lowest BCUT2D eigenvalue weighted by molar-refractivity contribution is 0.343. The van der Waals surface area contributed by atoms with Crippen LogP contribution in [-0.2, 0) is 0 Å². The fourth-order valence-electron chi connectivity index (χ4n) is 1.76. The van der Waals surface area contributed by atoms with Gasteiger partial charge in [-0.05, 0) is 38.0 Å². The van der Waals surface area contributed by atoms with E-state index in [1.54, 1.807) is 5.57 Å². The maximum atomic E-state index is 2.41. The molecule has 14 heavy (non-hydrogen) atoms. The van der Waals surface area contributed by atoms with Gasteiger partial charge in [-0.3, -0.25) is 0 Å². The molecule has 0 aliphatic carbocycles. The molecule has 0 aliphatic heterocycles. The van der Waals surface area contributed by atoms with Crippen molar-refractivity contribution in [2.75, 3.05) is 0 Å². The lowest BCUT2D eigenvalue weighted by atomic mass is 9.88. The van der Waals surface area contributed by atoms with Crippen LogP contribution in [-0.4, -0.2) is 0 Å². The predicted molar refractivity (Wildman–Crippen MR) is 66.5 cm³/mol. The third-order valence-corrected chi connectivity index (χ3v) is 3.39. The van der Waals surface area contributed by atoms with E-state index >= 15 is 0 Å². The highest BCUT2D eigenvalue weighted by Gasteiger charge is 2.09. The van der Waals surface area contributed by atoms with Gasteiger partial charge in [0.1, 0.15) is 0 Å². The summed E-state index contributed by atoms with van der Waals surface area (Å²) in [6, 6.07) is 0. The molecule has 0 heterocycles. The molecule has 0 aromatic carbocycles. The first kappa shape index (κ1) is 13.7. The Bertz CT molecular complexity index is 155. The third-order valence-electron chi connectivity index (χ3n) is 3.39. The smallest absolute Gasteiger partial charge is 0.0346 e. The summed E-state index contributed by atoms with van der Waals surface area (Å²) in [6.07, 6.45) is 8.97. The monoisotopic (exact) mass is 196 g/mol. The Hall–Kier alpha value is -0.260. The molecule has 0 N–H and O–H groups in total. The Kier molecular flexibility index (Phi) is 7.93. The average Bonchev–Trinajstić information content (AvgIpc) is 2.17. The second kappa shape index (κ2) is 8.08. The molecule has 0 aromatic rings. The van der Waals surface area contributed by atoms with Crippen LogP contribution in [0.1, 0.15) is 66.7 Å². The summed E-state index contributed by atoms with van der Waals surface area (Å²) in [5, 5.41) is 0. The van der Waals surface area contributed by atoms with Gasteiger partial charge in [-0.15, -0.1) is 0 Å². The first-order chi connectivity index (χ1) is 6.61.